The molecule has 1 N–H and O–H groups in total. The highest BCUT2D eigenvalue weighted by atomic mass is 127. The van der Waals surface area contributed by atoms with Crippen LogP contribution in [0.25, 0.3) is 0 Å². The summed E-state index contributed by atoms with van der Waals surface area (Å²) in [5.74, 6) is -1.36. The second kappa shape index (κ2) is 7.42. The Balaban J connectivity index is 2.33. The summed E-state index contributed by atoms with van der Waals surface area (Å²) < 4.78 is 30.8. The van der Waals surface area contributed by atoms with E-state index in [2.05, 4.69) is 0 Å². The summed E-state index contributed by atoms with van der Waals surface area (Å²) in [6, 6.07) is 0. The summed E-state index contributed by atoms with van der Waals surface area (Å²) in [5, 5.41) is 0. The first-order chi connectivity index (χ1) is 11.2. The Hall–Kier alpha value is -1.76. The van der Waals surface area contributed by atoms with Crippen molar-refractivity contribution in [2.45, 2.75) is 38.5 Å². The molecule has 1 saturated heterocycles. The van der Waals surface area contributed by atoms with E-state index in [-0.39, 0.29) is 10.2 Å². The van der Waals surface area contributed by atoms with Crippen molar-refractivity contribution < 1.29 is 28.2 Å². The van der Waals surface area contributed by atoms with E-state index in [1.165, 1.54) is 0 Å². The van der Waals surface area contributed by atoms with Crippen molar-refractivity contribution in [2.24, 2.45) is 0 Å². The van der Waals surface area contributed by atoms with E-state index in [1.807, 2.05) is 4.98 Å². The summed E-state index contributed by atoms with van der Waals surface area (Å²) in [6.07, 6.45) is -4.64. The lowest BCUT2D eigenvalue weighted by Crippen LogP contribution is -2.38. The number of H-pyrrole nitrogens is 1. The van der Waals surface area contributed by atoms with Gasteiger partial charge >= 0.3 is 17.6 Å². The van der Waals surface area contributed by atoms with Crippen molar-refractivity contribution in [3.63, 3.8) is 0 Å². The molecule has 4 atom stereocenters. The van der Waals surface area contributed by atoms with Gasteiger partial charge in [-0.25, -0.2) is 9.18 Å². The normalized spacial score (nSPS) is 26.2. The van der Waals surface area contributed by atoms with Crippen LogP contribution in [0.15, 0.2) is 15.8 Å². The molecule has 0 radical (unpaired) electrons. The first-order valence-electron chi connectivity index (χ1n) is 6.81. The smallest absolute Gasteiger partial charge is 0.330 e. The fourth-order valence-electron chi connectivity index (χ4n) is 2.23. The van der Waals surface area contributed by atoms with Gasteiger partial charge in [-0.15, -0.1) is 0 Å². The molecule has 1 aromatic rings. The van der Waals surface area contributed by atoms with Crippen molar-refractivity contribution in [2.75, 3.05) is 6.61 Å². The van der Waals surface area contributed by atoms with Crippen molar-refractivity contribution in [1.29, 1.82) is 0 Å². The van der Waals surface area contributed by atoms with E-state index in [0.29, 0.717) is 0 Å². The second-order valence-electron chi connectivity index (χ2n) is 5.03. The summed E-state index contributed by atoms with van der Waals surface area (Å²) in [6.45, 7) is 1.91. The molecule has 1 aliphatic heterocycles. The van der Waals surface area contributed by atoms with Gasteiger partial charge in [-0.3, -0.25) is 23.9 Å². The maximum absolute atomic E-state index is 14.7. The van der Waals surface area contributed by atoms with Crippen molar-refractivity contribution in [3.05, 3.63) is 30.6 Å². The van der Waals surface area contributed by atoms with Gasteiger partial charge in [-0.05, 0) is 22.6 Å². The van der Waals surface area contributed by atoms with E-state index < -0.39 is 47.8 Å². The summed E-state index contributed by atoms with van der Waals surface area (Å²) in [4.78, 5) is 47.4. The predicted octanol–water partition coefficient (Wildman–Crippen LogP) is -0.129. The Morgan fingerprint density at radius 2 is 2.04 bits per heavy atom. The molecule has 2 rings (SSSR count). The van der Waals surface area contributed by atoms with Gasteiger partial charge < -0.3 is 14.2 Å². The van der Waals surface area contributed by atoms with Crippen molar-refractivity contribution in [3.8, 4) is 0 Å². The monoisotopic (exact) mass is 456 g/mol. The number of ether oxygens (including phenoxy) is 3. The van der Waals surface area contributed by atoms with Gasteiger partial charge in [0.25, 0.3) is 5.56 Å². The number of esters is 2. The molecule has 1 fully saturated rings. The summed E-state index contributed by atoms with van der Waals surface area (Å²) in [7, 11) is 0. The third kappa shape index (κ3) is 4.01. The van der Waals surface area contributed by atoms with Crippen LogP contribution in [0, 0.1) is 3.57 Å². The van der Waals surface area contributed by atoms with Crippen LogP contribution in [0.3, 0.4) is 0 Å². The molecule has 2 heterocycles. The lowest BCUT2D eigenvalue weighted by Gasteiger charge is -2.18. The van der Waals surface area contributed by atoms with Gasteiger partial charge in [0.2, 0.25) is 0 Å². The number of aromatic nitrogens is 2. The van der Waals surface area contributed by atoms with E-state index in [9.17, 15) is 23.6 Å². The minimum absolute atomic E-state index is 0.149. The van der Waals surface area contributed by atoms with E-state index >= 15 is 0 Å². The molecule has 24 heavy (non-hydrogen) atoms. The Bertz CT molecular complexity index is 761. The highest BCUT2D eigenvalue weighted by Gasteiger charge is 2.49. The number of hydrogen-bond donors (Lipinski definition) is 1. The number of rotatable bonds is 4. The highest BCUT2D eigenvalue weighted by molar-refractivity contribution is 14.1. The number of hydrogen-bond acceptors (Lipinski definition) is 7. The molecular formula is C13H14FIN2O7. The zero-order chi connectivity index (χ0) is 18.0. The molecule has 0 spiro atoms. The maximum Gasteiger partial charge on any atom is 0.330 e. The van der Waals surface area contributed by atoms with E-state index in [1.54, 1.807) is 22.6 Å². The van der Waals surface area contributed by atoms with Gasteiger partial charge in [0, 0.05) is 20.0 Å². The van der Waals surface area contributed by atoms with Gasteiger partial charge in [0.15, 0.2) is 18.5 Å². The van der Waals surface area contributed by atoms with Gasteiger partial charge in [-0.1, -0.05) is 0 Å². The van der Waals surface area contributed by atoms with E-state index in [4.69, 9.17) is 14.2 Å². The van der Waals surface area contributed by atoms with Crippen LogP contribution in [0.4, 0.5) is 4.39 Å². The first kappa shape index (κ1) is 18.6. The first-order valence-corrected chi connectivity index (χ1v) is 7.89. The Kier molecular flexibility index (Phi) is 5.74. The van der Waals surface area contributed by atoms with Crippen LogP contribution in [-0.2, 0) is 23.8 Å². The molecule has 0 amide bonds. The number of nitrogens with one attached hydrogen (secondary N) is 1. The topological polar surface area (TPSA) is 117 Å². The van der Waals surface area contributed by atoms with Crippen molar-refractivity contribution >= 4 is 34.5 Å². The van der Waals surface area contributed by atoms with Crippen LogP contribution in [0.1, 0.15) is 20.1 Å². The van der Waals surface area contributed by atoms with Gasteiger partial charge in [-0.2, -0.15) is 0 Å². The zero-order valence-corrected chi connectivity index (χ0v) is 14.8. The minimum Gasteiger partial charge on any atom is -0.463 e. The van der Waals surface area contributed by atoms with Crippen LogP contribution in [-0.4, -0.2) is 46.5 Å². The highest BCUT2D eigenvalue weighted by Crippen LogP contribution is 2.33. The van der Waals surface area contributed by atoms with Crippen LogP contribution < -0.4 is 11.2 Å². The molecule has 0 bridgehead atoms. The van der Waals surface area contributed by atoms with Crippen LogP contribution >= 0.6 is 22.6 Å². The largest absolute Gasteiger partial charge is 0.463 e. The average Bonchev–Trinajstić information content (AvgIpc) is 2.77. The van der Waals surface area contributed by atoms with Crippen molar-refractivity contribution in [1.82, 2.24) is 9.55 Å². The fourth-order valence-corrected chi connectivity index (χ4v) is 2.67. The summed E-state index contributed by atoms with van der Waals surface area (Å²) in [5.41, 5.74) is -1.49. The zero-order valence-electron chi connectivity index (χ0n) is 12.7. The molecule has 1 aliphatic rings. The molecular weight excluding hydrogens is 442 g/mol. The number of halogens is 2. The Morgan fingerprint density at radius 3 is 2.62 bits per heavy atom. The quantitative estimate of drug-likeness (QED) is 0.496. The number of carbonyl (C=O) groups excluding carboxylic acids is 2. The lowest BCUT2D eigenvalue weighted by atomic mass is 10.1. The van der Waals surface area contributed by atoms with Gasteiger partial charge in [0.05, 0.1) is 3.57 Å². The van der Waals surface area contributed by atoms with Gasteiger partial charge in [0.1, 0.15) is 12.7 Å². The fraction of sp³-hybridized carbons (Fsp3) is 0.538. The maximum atomic E-state index is 14.7. The third-order valence-corrected chi connectivity index (χ3v) is 3.99. The predicted molar refractivity (Wildman–Crippen MR) is 85.0 cm³/mol. The lowest BCUT2D eigenvalue weighted by molar-refractivity contribution is -0.156. The molecule has 11 heteroatoms. The SMILES string of the molecule is CC(=O)OC[C@@H]1O[C@H](n2cc(I)c(=O)[nH]c2=O)C(F)C1OC(C)=O. The molecule has 2 unspecified atom stereocenters. The number of alkyl halides is 1. The molecule has 132 valence electrons. The molecule has 0 aromatic carbocycles. The third-order valence-electron chi connectivity index (χ3n) is 3.22. The summed E-state index contributed by atoms with van der Waals surface area (Å²) >= 11 is 1.68. The average molecular weight is 456 g/mol. The second-order valence-corrected chi connectivity index (χ2v) is 6.19. The number of carbonyl (C=O) groups is 2. The van der Waals surface area contributed by atoms with E-state index in [0.717, 1.165) is 24.6 Å². The molecule has 0 aliphatic carbocycles. The number of aromatic amines is 1. The number of nitrogens with zero attached hydrogens (tertiary/aromatic N) is 1. The van der Waals surface area contributed by atoms with Crippen LogP contribution in [0.2, 0.25) is 0 Å². The molecule has 1 aromatic heterocycles. The Labute approximate surface area is 148 Å². The Morgan fingerprint density at radius 1 is 1.38 bits per heavy atom. The minimum atomic E-state index is -1.89. The standard InChI is InChI=1S/C13H14FIN2O7/c1-5(18)22-4-8-10(23-6(2)19)9(14)12(24-8)17-3-7(15)11(20)16-13(17)21/h3,8-10,12H,4H2,1-2H3,(H,16,20,21)/t8-,9?,10?,12-/m0/s1. The molecule has 9 nitrogen and oxygen atoms in total. The van der Waals surface area contributed by atoms with Crippen LogP contribution in [0.5, 0.6) is 0 Å². The molecule has 0 saturated carbocycles.